The first-order valence-electron chi connectivity index (χ1n) is 9.30. The maximum Gasteiger partial charge on any atom is 0.253 e. The number of nitrogens with zero attached hydrogens (tertiary/aromatic N) is 2. The molecule has 154 valence electrons. The lowest BCUT2D eigenvalue weighted by Gasteiger charge is -2.47. The average molecular weight is 520 g/mol. The Bertz CT molecular complexity index is 991. The minimum Gasteiger partial charge on any atom is -0.332 e. The van der Waals surface area contributed by atoms with Gasteiger partial charge in [-0.3, -0.25) is 14.5 Å². The van der Waals surface area contributed by atoms with Gasteiger partial charge in [0.1, 0.15) is 6.17 Å². The molecule has 0 saturated carbocycles. The molecule has 1 fully saturated rings. The molecule has 3 atom stereocenters. The van der Waals surface area contributed by atoms with Crippen LogP contribution in [0.15, 0.2) is 51.7 Å². The van der Waals surface area contributed by atoms with Gasteiger partial charge in [0.15, 0.2) is 0 Å². The van der Waals surface area contributed by atoms with Gasteiger partial charge in [0, 0.05) is 41.8 Å². The zero-order chi connectivity index (χ0) is 20.8. The summed E-state index contributed by atoms with van der Waals surface area (Å²) in [5, 5.41) is 2.90. The highest BCUT2D eigenvalue weighted by molar-refractivity contribution is 9.10. The number of halogens is 4. The van der Waals surface area contributed by atoms with Crippen LogP contribution in [0.4, 0.5) is 0 Å². The summed E-state index contributed by atoms with van der Waals surface area (Å²) in [7, 11) is 0. The summed E-state index contributed by atoms with van der Waals surface area (Å²) in [5.41, 5.74) is 1.49. The highest BCUT2D eigenvalue weighted by Crippen LogP contribution is 2.40. The summed E-state index contributed by atoms with van der Waals surface area (Å²) in [5.74, 6) is 0.0735. The first kappa shape index (κ1) is 21.2. The average Bonchev–Trinajstić information content (AvgIpc) is 2.66. The van der Waals surface area contributed by atoms with Crippen molar-refractivity contribution in [2.24, 2.45) is 5.92 Å². The number of pyridine rings is 1. The quantitative estimate of drug-likeness (QED) is 0.620. The third-order valence-corrected chi connectivity index (χ3v) is 6.88. The summed E-state index contributed by atoms with van der Waals surface area (Å²) < 4.78 is 0.809. The maximum absolute atomic E-state index is 12.9. The monoisotopic (exact) mass is 517 g/mol. The molecule has 9 heteroatoms. The molecule has 2 aromatic rings. The Hall–Kier alpha value is -1.05. The van der Waals surface area contributed by atoms with Gasteiger partial charge in [0.25, 0.3) is 11.5 Å². The standard InChI is InChI=1S/C20H19BrCl3N3O2/c21-15-5-2-1-4-14(15)18(29)25-19(20(22,23)24)26-9-12-8-13(11-26)16-6-3-7-17(28)27(16)10-12/h1-7,12-13,19H,8-11H2,(H,25,29)/t12-,13+,19?/m1/s1. The van der Waals surface area contributed by atoms with E-state index in [1.165, 1.54) is 0 Å². The van der Waals surface area contributed by atoms with Gasteiger partial charge in [-0.25, -0.2) is 0 Å². The lowest BCUT2D eigenvalue weighted by Crippen LogP contribution is -2.60. The molecule has 5 nitrogen and oxygen atoms in total. The van der Waals surface area contributed by atoms with Crippen LogP contribution in [-0.4, -0.2) is 38.4 Å². The maximum atomic E-state index is 12.9. The normalized spacial score (nSPS) is 22.6. The Kier molecular flexibility index (Phi) is 6.02. The molecular formula is C20H19BrCl3N3O2. The second-order valence-corrected chi connectivity index (χ2v) is 10.8. The van der Waals surface area contributed by atoms with E-state index in [0.29, 0.717) is 29.7 Å². The van der Waals surface area contributed by atoms with Crippen LogP contribution in [0.1, 0.15) is 28.4 Å². The summed E-state index contributed by atoms with van der Waals surface area (Å²) in [4.78, 5) is 27.1. The number of rotatable bonds is 3. The van der Waals surface area contributed by atoms with Crippen LogP contribution in [-0.2, 0) is 6.54 Å². The van der Waals surface area contributed by atoms with Gasteiger partial charge in [0.05, 0.1) is 5.56 Å². The molecular weight excluding hydrogens is 501 g/mol. The number of nitrogens with one attached hydrogen (secondary N) is 1. The van der Waals surface area contributed by atoms with Gasteiger partial charge in [0.2, 0.25) is 3.79 Å². The topological polar surface area (TPSA) is 54.3 Å². The Morgan fingerprint density at radius 1 is 1.10 bits per heavy atom. The van der Waals surface area contributed by atoms with Crippen molar-refractivity contribution < 1.29 is 4.79 Å². The Balaban J connectivity index is 1.60. The molecule has 0 aliphatic carbocycles. The van der Waals surface area contributed by atoms with E-state index >= 15 is 0 Å². The summed E-state index contributed by atoms with van der Waals surface area (Å²) in [6, 6.07) is 12.5. The molecule has 2 aliphatic heterocycles. The number of likely N-dealkylation sites (tertiary alicyclic amines) is 1. The van der Waals surface area contributed by atoms with Crippen molar-refractivity contribution in [3.63, 3.8) is 0 Å². The van der Waals surface area contributed by atoms with E-state index in [0.717, 1.165) is 12.1 Å². The van der Waals surface area contributed by atoms with Crippen LogP contribution in [0.2, 0.25) is 0 Å². The molecule has 1 aromatic heterocycles. The van der Waals surface area contributed by atoms with Gasteiger partial charge < -0.3 is 9.88 Å². The number of amides is 1. The molecule has 0 spiro atoms. The smallest absolute Gasteiger partial charge is 0.253 e. The third-order valence-electron chi connectivity index (χ3n) is 5.57. The predicted octanol–water partition coefficient (Wildman–Crippen LogP) is 4.16. The highest BCUT2D eigenvalue weighted by atomic mass is 79.9. The second kappa shape index (κ2) is 8.23. The van der Waals surface area contributed by atoms with Gasteiger partial charge in [-0.2, -0.15) is 0 Å². The van der Waals surface area contributed by atoms with Crippen molar-refractivity contribution in [1.29, 1.82) is 0 Å². The summed E-state index contributed by atoms with van der Waals surface area (Å²) >= 11 is 22.3. The number of hydrogen-bond acceptors (Lipinski definition) is 3. The van der Waals surface area contributed by atoms with E-state index in [2.05, 4.69) is 21.2 Å². The number of piperidine rings is 1. The molecule has 1 unspecified atom stereocenters. The molecule has 2 bridgehead atoms. The number of benzene rings is 1. The Labute approximate surface area is 192 Å². The molecule has 2 aliphatic rings. The fraction of sp³-hybridized carbons (Fsp3) is 0.400. The number of carbonyl (C=O) groups excluding carboxylic acids is 1. The minimum absolute atomic E-state index is 0.0193. The van der Waals surface area contributed by atoms with Crippen LogP contribution in [0, 0.1) is 5.92 Å². The highest BCUT2D eigenvalue weighted by Gasteiger charge is 2.44. The SMILES string of the molecule is O=C(NC(N1C[C@H]2C[C@@H](C1)c1cccc(=O)n1C2)C(Cl)(Cl)Cl)c1ccccc1Br. The van der Waals surface area contributed by atoms with Crippen LogP contribution >= 0.6 is 50.7 Å². The van der Waals surface area contributed by atoms with Crippen molar-refractivity contribution in [2.75, 3.05) is 13.1 Å². The van der Waals surface area contributed by atoms with Gasteiger partial charge >= 0.3 is 0 Å². The molecule has 3 heterocycles. The van der Waals surface area contributed by atoms with Gasteiger partial charge in [-0.15, -0.1) is 0 Å². The summed E-state index contributed by atoms with van der Waals surface area (Å²) in [6.45, 7) is 1.85. The zero-order valence-electron chi connectivity index (χ0n) is 15.3. The minimum atomic E-state index is -1.71. The van der Waals surface area contributed by atoms with E-state index in [-0.39, 0.29) is 23.3 Å². The van der Waals surface area contributed by atoms with Crippen LogP contribution in [0.25, 0.3) is 0 Å². The fourth-order valence-corrected chi connectivity index (χ4v) is 5.41. The second-order valence-electron chi connectivity index (χ2n) is 7.55. The molecule has 1 amide bonds. The number of hydrogen-bond donors (Lipinski definition) is 1. The lowest BCUT2D eigenvalue weighted by molar-refractivity contribution is 0.0586. The van der Waals surface area contributed by atoms with Crippen LogP contribution in [0.5, 0.6) is 0 Å². The lowest BCUT2D eigenvalue weighted by atomic mass is 9.83. The third kappa shape index (κ3) is 4.37. The van der Waals surface area contributed by atoms with E-state index in [1.54, 1.807) is 30.3 Å². The van der Waals surface area contributed by atoms with E-state index in [9.17, 15) is 9.59 Å². The van der Waals surface area contributed by atoms with E-state index in [1.807, 2.05) is 21.6 Å². The van der Waals surface area contributed by atoms with Crippen molar-refractivity contribution in [2.45, 2.75) is 28.8 Å². The predicted molar refractivity (Wildman–Crippen MR) is 119 cm³/mol. The van der Waals surface area contributed by atoms with Gasteiger partial charge in [-0.05, 0) is 46.5 Å². The van der Waals surface area contributed by atoms with Crippen LogP contribution < -0.4 is 10.9 Å². The summed E-state index contributed by atoms with van der Waals surface area (Å²) in [6.07, 6.45) is 0.185. The first-order chi connectivity index (χ1) is 13.7. The molecule has 1 N–H and O–H groups in total. The Morgan fingerprint density at radius 2 is 1.86 bits per heavy atom. The molecule has 0 radical (unpaired) electrons. The number of aromatic nitrogens is 1. The number of alkyl halides is 3. The number of carbonyl (C=O) groups is 1. The van der Waals surface area contributed by atoms with E-state index in [4.69, 9.17) is 34.8 Å². The first-order valence-corrected chi connectivity index (χ1v) is 11.2. The van der Waals surface area contributed by atoms with Crippen molar-refractivity contribution in [3.8, 4) is 0 Å². The zero-order valence-corrected chi connectivity index (χ0v) is 19.2. The van der Waals surface area contributed by atoms with Crippen molar-refractivity contribution in [1.82, 2.24) is 14.8 Å². The molecule has 1 aromatic carbocycles. The molecule has 29 heavy (non-hydrogen) atoms. The van der Waals surface area contributed by atoms with Crippen LogP contribution in [0.3, 0.4) is 0 Å². The fourth-order valence-electron chi connectivity index (χ4n) is 4.37. The van der Waals surface area contributed by atoms with Crippen molar-refractivity contribution >= 4 is 56.6 Å². The van der Waals surface area contributed by atoms with E-state index < -0.39 is 9.96 Å². The molecule has 1 saturated heterocycles. The largest absolute Gasteiger partial charge is 0.332 e. The van der Waals surface area contributed by atoms with Crippen molar-refractivity contribution in [3.05, 3.63) is 68.5 Å². The molecule has 4 rings (SSSR count). The van der Waals surface area contributed by atoms with Gasteiger partial charge in [-0.1, -0.05) is 53.0 Å². The number of fused-ring (bicyclic) bond motifs is 4. The Morgan fingerprint density at radius 3 is 2.59 bits per heavy atom.